The van der Waals surface area contributed by atoms with Gasteiger partial charge in [-0.05, 0) is 56.9 Å². The Morgan fingerprint density at radius 1 is 1.39 bits per heavy atom. The van der Waals surface area contributed by atoms with Crippen molar-refractivity contribution < 1.29 is 0 Å². The Balaban J connectivity index is 1.81. The van der Waals surface area contributed by atoms with Gasteiger partial charge >= 0.3 is 0 Å². The molecule has 3 heterocycles. The van der Waals surface area contributed by atoms with Gasteiger partial charge in [0.25, 0.3) is 0 Å². The number of hydrogen-bond acceptors (Lipinski definition) is 4. The van der Waals surface area contributed by atoms with Crippen LogP contribution >= 0.6 is 27.3 Å². The molecule has 18 heavy (non-hydrogen) atoms. The Labute approximate surface area is 117 Å². The Hall–Kier alpha value is -1.40. The van der Waals surface area contributed by atoms with Crippen LogP contribution in [0.2, 0.25) is 0 Å². The van der Waals surface area contributed by atoms with Gasteiger partial charge in [0.1, 0.15) is 0 Å². The normalized spacial score (nSPS) is 11.0. The van der Waals surface area contributed by atoms with E-state index in [-0.39, 0.29) is 0 Å². The molecule has 3 aromatic heterocycles. The van der Waals surface area contributed by atoms with Crippen LogP contribution in [-0.2, 0) is 6.54 Å². The predicted octanol–water partition coefficient (Wildman–Crippen LogP) is 3.47. The fourth-order valence-corrected chi connectivity index (χ4v) is 2.86. The minimum Gasteiger partial charge on any atom is -0.349 e. The van der Waals surface area contributed by atoms with Crippen LogP contribution in [0.4, 0.5) is 5.95 Å². The van der Waals surface area contributed by atoms with Crippen molar-refractivity contribution in [2.24, 2.45) is 0 Å². The van der Waals surface area contributed by atoms with Gasteiger partial charge in [-0.2, -0.15) is 16.3 Å². The molecular weight excluding hydrogens is 312 g/mol. The van der Waals surface area contributed by atoms with Crippen molar-refractivity contribution in [3.05, 3.63) is 44.7 Å². The molecule has 0 saturated heterocycles. The second-order valence-corrected chi connectivity index (χ2v) is 5.68. The maximum atomic E-state index is 4.41. The quantitative estimate of drug-likeness (QED) is 0.802. The first kappa shape index (κ1) is 11.7. The maximum Gasteiger partial charge on any atom is 0.243 e. The topological polar surface area (TPSA) is 42.2 Å². The van der Waals surface area contributed by atoms with E-state index < -0.39 is 0 Å². The SMILES string of the molecule is Cc1cscc1CNc1nc2ccc(Br)cn2n1. The summed E-state index contributed by atoms with van der Waals surface area (Å²) in [7, 11) is 0. The summed E-state index contributed by atoms with van der Waals surface area (Å²) in [5, 5.41) is 11.9. The van der Waals surface area contributed by atoms with Gasteiger partial charge in [0.15, 0.2) is 5.65 Å². The standard InChI is InChI=1S/C12H11BrN4S/c1-8-6-18-7-9(8)4-14-12-15-11-3-2-10(13)5-17(11)16-12/h2-3,5-7H,4H2,1H3,(H,14,16). The second-order valence-electron chi connectivity index (χ2n) is 4.02. The second kappa shape index (κ2) is 4.70. The summed E-state index contributed by atoms with van der Waals surface area (Å²) in [5.74, 6) is 0.652. The zero-order valence-corrected chi connectivity index (χ0v) is 12.1. The van der Waals surface area contributed by atoms with Gasteiger partial charge in [0.2, 0.25) is 5.95 Å². The highest BCUT2D eigenvalue weighted by Gasteiger charge is 2.04. The number of pyridine rings is 1. The smallest absolute Gasteiger partial charge is 0.243 e. The summed E-state index contributed by atoms with van der Waals surface area (Å²) in [4.78, 5) is 4.41. The molecule has 6 heteroatoms. The zero-order valence-electron chi connectivity index (χ0n) is 9.72. The van der Waals surface area contributed by atoms with Crippen LogP contribution in [0, 0.1) is 6.92 Å². The Kier molecular flexibility index (Phi) is 3.05. The molecule has 0 fully saturated rings. The van der Waals surface area contributed by atoms with Crippen LogP contribution in [0.3, 0.4) is 0 Å². The van der Waals surface area contributed by atoms with Crippen LogP contribution < -0.4 is 5.32 Å². The summed E-state index contributed by atoms with van der Waals surface area (Å²) >= 11 is 5.13. The third kappa shape index (κ3) is 2.26. The molecule has 0 aliphatic rings. The predicted molar refractivity (Wildman–Crippen MR) is 77.1 cm³/mol. The van der Waals surface area contributed by atoms with Gasteiger partial charge in [0.05, 0.1) is 0 Å². The summed E-state index contributed by atoms with van der Waals surface area (Å²) < 4.78 is 2.74. The van der Waals surface area contributed by atoms with Crippen molar-refractivity contribution in [1.29, 1.82) is 0 Å². The molecule has 0 unspecified atom stereocenters. The highest BCUT2D eigenvalue weighted by atomic mass is 79.9. The van der Waals surface area contributed by atoms with Crippen LogP contribution in [0.15, 0.2) is 33.6 Å². The molecule has 0 amide bonds. The number of fused-ring (bicyclic) bond motifs is 1. The number of thiophene rings is 1. The molecule has 0 aliphatic carbocycles. The van der Waals surface area contributed by atoms with Crippen molar-refractivity contribution in [3.63, 3.8) is 0 Å². The van der Waals surface area contributed by atoms with E-state index in [1.54, 1.807) is 15.9 Å². The van der Waals surface area contributed by atoms with Crippen LogP contribution in [0.5, 0.6) is 0 Å². The Bertz CT molecular complexity index is 688. The highest BCUT2D eigenvalue weighted by Crippen LogP contribution is 2.16. The first-order valence-electron chi connectivity index (χ1n) is 5.50. The van der Waals surface area contributed by atoms with Gasteiger partial charge < -0.3 is 5.32 Å². The maximum absolute atomic E-state index is 4.41. The van der Waals surface area contributed by atoms with E-state index in [2.05, 4.69) is 49.0 Å². The molecule has 92 valence electrons. The number of anilines is 1. The number of aromatic nitrogens is 3. The average Bonchev–Trinajstić information content (AvgIpc) is 2.92. The van der Waals surface area contributed by atoms with E-state index in [4.69, 9.17) is 0 Å². The number of hydrogen-bond donors (Lipinski definition) is 1. The fourth-order valence-electron chi connectivity index (χ4n) is 1.68. The van der Waals surface area contributed by atoms with E-state index in [0.29, 0.717) is 5.95 Å². The van der Waals surface area contributed by atoms with Crippen LogP contribution in [-0.4, -0.2) is 14.6 Å². The molecule has 1 N–H and O–H groups in total. The molecule has 0 aliphatic heterocycles. The van der Waals surface area contributed by atoms with Gasteiger partial charge in [-0.3, -0.25) is 0 Å². The molecule has 0 radical (unpaired) electrons. The molecule has 0 spiro atoms. The summed E-state index contributed by atoms with van der Waals surface area (Å²) in [5.41, 5.74) is 3.43. The van der Waals surface area contributed by atoms with Crippen LogP contribution in [0.25, 0.3) is 5.65 Å². The lowest BCUT2D eigenvalue weighted by Gasteiger charge is -2.00. The van der Waals surface area contributed by atoms with Crippen molar-refractivity contribution >= 4 is 38.9 Å². The first-order valence-corrected chi connectivity index (χ1v) is 7.23. The lowest BCUT2D eigenvalue weighted by molar-refractivity contribution is 0.946. The Morgan fingerprint density at radius 3 is 3.06 bits per heavy atom. The molecule has 0 aromatic carbocycles. The summed E-state index contributed by atoms with van der Waals surface area (Å²) in [6.45, 7) is 2.87. The Morgan fingerprint density at radius 2 is 2.28 bits per heavy atom. The minimum absolute atomic E-state index is 0.652. The zero-order chi connectivity index (χ0) is 12.5. The number of rotatable bonds is 3. The lowest BCUT2D eigenvalue weighted by Crippen LogP contribution is -2.01. The van der Waals surface area contributed by atoms with Gasteiger partial charge in [-0.1, -0.05) is 0 Å². The van der Waals surface area contributed by atoms with Crippen LogP contribution in [0.1, 0.15) is 11.1 Å². The highest BCUT2D eigenvalue weighted by molar-refractivity contribution is 9.10. The number of aryl methyl sites for hydroxylation is 1. The minimum atomic E-state index is 0.652. The van der Waals surface area contributed by atoms with E-state index in [1.807, 2.05) is 18.3 Å². The van der Waals surface area contributed by atoms with Gasteiger partial charge in [-0.15, -0.1) is 5.10 Å². The van der Waals surface area contributed by atoms with Gasteiger partial charge in [0, 0.05) is 17.2 Å². The van der Waals surface area contributed by atoms with E-state index >= 15 is 0 Å². The van der Waals surface area contributed by atoms with Crippen molar-refractivity contribution in [2.45, 2.75) is 13.5 Å². The average molecular weight is 323 g/mol. The van der Waals surface area contributed by atoms with Crippen molar-refractivity contribution in [3.8, 4) is 0 Å². The van der Waals surface area contributed by atoms with Crippen molar-refractivity contribution in [2.75, 3.05) is 5.32 Å². The monoisotopic (exact) mass is 322 g/mol. The number of nitrogens with zero attached hydrogens (tertiary/aromatic N) is 3. The molecule has 0 bridgehead atoms. The van der Waals surface area contributed by atoms with Gasteiger partial charge in [-0.25, -0.2) is 4.52 Å². The summed E-state index contributed by atoms with van der Waals surface area (Å²) in [6.07, 6.45) is 1.89. The molecule has 3 aromatic rings. The van der Waals surface area contributed by atoms with E-state index in [0.717, 1.165) is 16.7 Å². The van der Waals surface area contributed by atoms with E-state index in [1.165, 1.54) is 11.1 Å². The van der Waals surface area contributed by atoms with E-state index in [9.17, 15) is 0 Å². The molecule has 4 nitrogen and oxygen atoms in total. The largest absolute Gasteiger partial charge is 0.349 e. The molecule has 0 saturated carbocycles. The third-order valence-electron chi connectivity index (χ3n) is 2.69. The molecule has 0 atom stereocenters. The van der Waals surface area contributed by atoms with Crippen molar-refractivity contribution in [1.82, 2.24) is 14.6 Å². The molecule has 3 rings (SSSR count). The fraction of sp³-hybridized carbons (Fsp3) is 0.167. The summed E-state index contributed by atoms with van der Waals surface area (Å²) in [6, 6.07) is 3.88. The third-order valence-corrected chi connectivity index (χ3v) is 4.07. The number of nitrogens with one attached hydrogen (secondary N) is 1. The number of halogens is 1. The first-order chi connectivity index (χ1) is 8.72. The lowest BCUT2D eigenvalue weighted by atomic mass is 10.2. The molecular formula is C12H11BrN4S.